The van der Waals surface area contributed by atoms with Gasteiger partial charge in [-0.25, -0.2) is 13.4 Å². The van der Waals surface area contributed by atoms with Crippen LogP contribution in [0, 0.1) is 10.1 Å². The van der Waals surface area contributed by atoms with Gasteiger partial charge >= 0.3 is 0 Å². The number of non-ortho nitro benzene ring substituents is 1. The lowest BCUT2D eigenvalue weighted by molar-refractivity contribution is -0.384. The number of anilines is 1. The average molecular weight is 490 g/mol. The molecule has 1 fully saturated rings. The number of nitrogens with one attached hydrogen (secondary N) is 1. The van der Waals surface area contributed by atoms with Crippen LogP contribution in [0.1, 0.15) is 23.2 Å². The van der Waals surface area contributed by atoms with Gasteiger partial charge in [-0.05, 0) is 37.1 Å². The molecule has 0 aliphatic carbocycles. The molecule has 33 heavy (non-hydrogen) atoms. The molecule has 172 valence electrons. The fraction of sp³-hybridized carbons (Fsp3) is 0.238. The number of carbonyl (C=O) groups excluding carboxylic acids is 1. The van der Waals surface area contributed by atoms with Gasteiger partial charge in [-0.15, -0.1) is 0 Å². The third-order valence-corrected chi connectivity index (χ3v) is 8.05. The third-order valence-electron chi connectivity index (χ3n) is 4.91. The first kappa shape index (κ1) is 22.8. The maximum absolute atomic E-state index is 12.8. The summed E-state index contributed by atoms with van der Waals surface area (Å²) in [5, 5.41) is 13.5. The first-order chi connectivity index (χ1) is 15.8. The van der Waals surface area contributed by atoms with Crippen LogP contribution in [0.5, 0.6) is 5.75 Å². The van der Waals surface area contributed by atoms with Crippen LogP contribution in [0.2, 0.25) is 0 Å². The lowest BCUT2D eigenvalue weighted by Gasteiger charge is -2.14. The van der Waals surface area contributed by atoms with E-state index >= 15 is 0 Å². The van der Waals surface area contributed by atoms with Crippen molar-refractivity contribution in [3.63, 3.8) is 0 Å². The fourth-order valence-electron chi connectivity index (χ4n) is 3.21. The van der Waals surface area contributed by atoms with Crippen LogP contribution in [0.25, 0.3) is 0 Å². The van der Waals surface area contributed by atoms with Crippen molar-refractivity contribution in [3.05, 3.63) is 70.4 Å². The smallest absolute Gasteiger partial charge is 0.269 e. The highest BCUT2D eigenvalue weighted by Crippen LogP contribution is 2.30. The number of amides is 1. The van der Waals surface area contributed by atoms with Crippen molar-refractivity contribution >= 4 is 37.9 Å². The summed E-state index contributed by atoms with van der Waals surface area (Å²) in [4.78, 5) is 26.8. The van der Waals surface area contributed by atoms with Crippen molar-refractivity contribution in [1.82, 2.24) is 4.98 Å². The minimum Gasteiger partial charge on any atom is -0.490 e. The highest BCUT2D eigenvalue weighted by molar-refractivity contribution is 7.93. The first-order valence-corrected chi connectivity index (χ1v) is 12.2. The summed E-state index contributed by atoms with van der Waals surface area (Å²) in [5.74, 6) is -0.104. The lowest BCUT2D eigenvalue weighted by atomic mass is 10.2. The van der Waals surface area contributed by atoms with Gasteiger partial charge in [0.15, 0.2) is 5.13 Å². The van der Waals surface area contributed by atoms with E-state index in [1.165, 1.54) is 0 Å². The fourth-order valence-corrected chi connectivity index (χ4v) is 5.64. The molecule has 1 amide bonds. The molecule has 1 saturated heterocycles. The number of benzene rings is 2. The summed E-state index contributed by atoms with van der Waals surface area (Å²) in [6.07, 6.45) is 3.01. The van der Waals surface area contributed by atoms with Crippen molar-refractivity contribution in [2.75, 3.05) is 18.5 Å². The first-order valence-electron chi connectivity index (χ1n) is 9.95. The van der Waals surface area contributed by atoms with Gasteiger partial charge in [0, 0.05) is 18.7 Å². The van der Waals surface area contributed by atoms with E-state index in [9.17, 15) is 23.3 Å². The number of thiazole rings is 1. The summed E-state index contributed by atoms with van der Waals surface area (Å²) in [5.41, 5.74) is 0.0667. The van der Waals surface area contributed by atoms with Gasteiger partial charge in [-0.2, -0.15) is 0 Å². The number of rotatable bonds is 8. The number of carbonyl (C=O) groups is 1. The van der Waals surface area contributed by atoms with Gasteiger partial charge in [-0.3, -0.25) is 20.2 Å². The second-order valence-corrected chi connectivity index (χ2v) is 10.3. The molecule has 0 bridgehead atoms. The van der Waals surface area contributed by atoms with E-state index in [1.54, 1.807) is 24.3 Å². The molecule has 2 heterocycles. The predicted molar refractivity (Wildman–Crippen MR) is 120 cm³/mol. The Morgan fingerprint density at radius 2 is 2.00 bits per heavy atom. The van der Waals surface area contributed by atoms with Crippen LogP contribution in [0.4, 0.5) is 10.8 Å². The number of nitrogens with zero attached hydrogens (tertiary/aromatic N) is 2. The van der Waals surface area contributed by atoms with Crippen LogP contribution in [-0.2, 0) is 14.6 Å². The van der Waals surface area contributed by atoms with Crippen molar-refractivity contribution in [3.8, 4) is 5.75 Å². The quantitative estimate of drug-likeness (QED) is 0.373. The molecule has 1 aliphatic rings. The molecule has 0 radical (unpaired) electrons. The molecule has 3 aromatic rings. The van der Waals surface area contributed by atoms with Gasteiger partial charge in [0.25, 0.3) is 11.6 Å². The second kappa shape index (κ2) is 9.65. The Hall–Kier alpha value is -3.35. The van der Waals surface area contributed by atoms with E-state index in [0.29, 0.717) is 19.0 Å². The zero-order valence-electron chi connectivity index (χ0n) is 17.2. The van der Waals surface area contributed by atoms with Crippen LogP contribution < -0.4 is 10.1 Å². The zero-order valence-corrected chi connectivity index (χ0v) is 18.8. The molecular weight excluding hydrogens is 470 g/mol. The Morgan fingerprint density at radius 1 is 1.24 bits per heavy atom. The molecule has 1 N–H and O–H groups in total. The normalized spacial score (nSPS) is 15.8. The van der Waals surface area contributed by atoms with Crippen LogP contribution in [-0.4, -0.2) is 43.5 Å². The summed E-state index contributed by atoms with van der Waals surface area (Å²) in [6, 6.07) is 11.3. The number of hydrogen-bond donors (Lipinski definition) is 1. The number of hydrogen-bond acceptors (Lipinski definition) is 9. The SMILES string of the molecule is O=C(Nc1ncc(S(=O)(=O)c2ccc([N+](=O)[O-])cc2)s1)c1ccccc1OCC1CCCO1. The molecule has 1 aromatic heterocycles. The van der Waals surface area contributed by atoms with E-state index < -0.39 is 20.7 Å². The summed E-state index contributed by atoms with van der Waals surface area (Å²) in [7, 11) is -3.94. The minimum absolute atomic E-state index is 0.00716. The highest BCUT2D eigenvalue weighted by atomic mass is 32.2. The topological polar surface area (TPSA) is 138 Å². The van der Waals surface area contributed by atoms with E-state index in [1.807, 2.05) is 0 Å². The van der Waals surface area contributed by atoms with Gasteiger partial charge in [0.1, 0.15) is 16.6 Å². The van der Waals surface area contributed by atoms with E-state index in [2.05, 4.69) is 10.3 Å². The van der Waals surface area contributed by atoms with Crippen molar-refractivity contribution < 1.29 is 27.6 Å². The number of para-hydroxylation sites is 1. The van der Waals surface area contributed by atoms with E-state index in [0.717, 1.165) is 54.6 Å². The largest absolute Gasteiger partial charge is 0.490 e. The minimum atomic E-state index is -3.94. The predicted octanol–water partition coefficient (Wildman–Crippen LogP) is 3.69. The molecular formula is C21H19N3O7S2. The molecule has 0 saturated carbocycles. The van der Waals surface area contributed by atoms with Gasteiger partial charge < -0.3 is 9.47 Å². The van der Waals surface area contributed by atoms with E-state index in [-0.39, 0.29) is 31.6 Å². The number of nitro benzene ring substituents is 1. The molecule has 10 nitrogen and oxygen atoms in total. The summed E-state index contributed by atoms with van der Waals surface area (Å²) in [6.45, 7) is 1.03. The van der Waals surface area contributed by atoms with Crippen molar-refractivity contribution in [1.29, 1.82) is 0 Å². The Kier molecular flexibility index (Phi) is 6.67. The van der Waals surface area contributed by atoms with Gasteiger partial charge in [-0.1, -0.05) is 23.5 Å². The monoisotopic (exact) mass is 489 g/mol. The Bertz CT molecular complexity index is 1270. The standard InChI is InChI=1S/C21H19N3O7S2/c25-20(17-5-1-2-6-18(17)31-13-15-4-3-11-30-15)23-21-22-12-19(32-21)33(28,29)16-9-7-14(8-10-16)24(26)27/h1-2,5-10,12,15H,3-4,11,13H2,(H,22,23,25). The van der Waals surface area contributed by atoms with Gasteiger partial charge in [0.2, 0.25) is 9.84 Å². The number of sulfone groups is 1. The summed E-state index contributed by atoms with van der Waals surface area (Å²) < 4.78 is 36.8. The highest BCUT2D eigenvalue weighted by Gasteiger charge is 2.23. The molecule has 0 spiro atoms. The Morgan fingerprint density at radius 3 is 2.70 bits per heavy atom. The van der Waals surface area contributed by atoms with Crippen LogP contribution in [0.15, 0.2) is 63.8 Å². The van der Waals surface area contributed by atoms with E-state index in [4.69, 9.17) is 9.47 Å². The molecule has 4 rings (SSSR count). The van der Waals surface area contributed by atoms with Crippen LogP contribution in [0.3, 0.4) is 0 Å². The van der Waals surface area contributed by atoms with Crippen molar-refractivity contribution in [2.45, 2.75) is 28.1 Å². The number of nitro groups is 1. The molecule has 1 aliphatic heterocycles. The zero-order chi connectivity index (χ0) is 23.4. The van der Waals surface area contributed by atoms with Gasteiger partial charge in [0.05, 0.1) is 27.7 Å². The summed E-state index contributed by atoms with van der Waals surface area (Å²) >= 11 is 0.782. The maximum Gasteiger partial charge on any atom is 0.269 e. The molecule has 2 aromatic carbocycles. The Balaban J connectivity index is 1.47. The second-order valence-electron chi connectivity index (χ2n) is 7.14. The van der Waals surface area contributed by atoms with Crippen molar-refractivity contribution in [2.24, 2.45) is 0 Å². The third kappa shape index (κ3) is 5.18. The molecule has 1 unspecified atom stereocenters. The van der Waals surface area contributed by atoms with Crippen LogP contribution >= 0.6 is 11.3 Å². The average Bonchev–Trinajstić information content (AvgIpc) is 3.50. The Labute approximate surface area is 193 Å². The number of ether oxygens (including phenoxy) is 2. The lowest BCUT2D eigenvalue weighted by Crippen LogP contribution is -2.19. The molecule has 1 atom stereocenters. The maximum atomic E-state index is 12.8. The number of aromatic nitrogens is 1. The molecule has 12 heteroatoms.